The fraction of sp³-hybridized carbons (Fsp3) is 0.816. The molecule has 45 heavy (non-hydrogen) atoms. The number of unbranched alkanes of at least 4 members (excludes halogenated alkanes) is 21. The highest BCUT2D eigenvalue weighted by Crippen LogP contribution is 2.12. The number of aliphatic hydroxyl groups excluding tert-OH is 1. The highest BCUT2D eigenvalue weighted by Gasteiger charge is 2.24. The Labute approximate surface area is 278 Å². The minimum atomic E-state index is -4.35. The molecule has 7 heteroatoms. The van der Waals surface area contributed by atoms with Crippen molar-refractivity contribution in [3.05, 3.63) is 36.5 Å². The van der Waals surface area contributed by atoms with Crippen LogP contribution >= 0.6 is 0 Å². The Balaban J connectivity index is 4.01. The Morgan fingerprint density at radius 3 is 1.40 bits per heavy atom. The molecule has 0 rings (SSSR count). The van der Waals surface area contributed by atoms with E-state index in [1.165, 1.54) is 115 Å². The molecule has 264 valence electrons. The summed E-state index contributed by atoms with van der Waals surface area (Å²) in [6.07, 6.45) is 41.3. The van der Waals surface area contributed by atoms with Crippen LogP contribution in [0.3, 0.4) is 0 Å². The van der Waals surface area contributed by atoms with Gasteiger partial charge in [-0.1, -0.05) is 153 Å². The van der Waals surface area contributed by atoms with Gasteiger partial charge in [0.1, 0.15) is 0 Å². The van der Waals surface area contributed by atoms with E-state index < -0.39 is 28.0 Å². The van der Waals surface area contributed by atoms with Crippen LogP contribution in [0.25, 0.3) is 0 Å². The van der Waals surface area contributed by atoms with Crippen molar-refractivity contribution in [2.45, 2.75) is 193 Å². The lowest BCUT2D eigenvalue weighted by atomic mass is 10.1. The summed E-state index contributed by atoms with van der Waals surface area (Å²) in [6, 6.07) is -1.07. The first-order chi connectivity index (χ1) is 21.8. The van der Waals surface area contributed by atoms with E-state index in [0.29, 0.717) is 6.42 Å². The van der Waals surface area contributed by atoms with Crippen LogP contribution in [0.2, 0.25) is 0 Å². The molecule has 0 radical (unpaired) electrons. The average Bonchev–Trinajstić information content (AvgIpc) is 3.00. The zero-order valence-corrected chi connectivity index (χ0v) is 30.1. The van der Waals surface area contributed by atoms with Crippen LogP contribution in [0, 0.1) is 0 Å². The van der Waals surface area contributed by atoms with E-state index in [1.54, 1.807) is 6.08 Å². The summed E-state index contributed by atoms with van der Waals surface area (Å²) in [5.41, 5.74) is 0. The van der Waals surface area contributed by atoms with Gasteiger partial charge in [-0.25, -0.2) is 0 Å². The number of nitrogens with one attached hydrogen (secondary N) is 1. The first-order valence-corrected chi connectivity index (χ1v) is 20.3. The lowest BCUT2D eigenvalue weighted by molar-refractivity contribution is -0.122. The smallest absolute Gasteiger partial charge is 0.267 e. The predicted octanol–water partition coefficient (Wildman–Crippen LogP) is 10.6. The standard InChI is InChI=1S/C38H71NO5S/c1-3-5-7-9-11-13-15-17-18-19-20-22-24-26-28-30-32-34-38(41)39-36(35-45(42,43)44)37(40)33-31-29-27-25-23-21-16-14-12-10-8-6-4-2/h17-18,23,25,31,33,36-37,40H,3-16,19-22,24,26-30,32,34-35H2,1-2H3,(H,39,41)(H,42,43,44)/b18-17-,25-23+,33-31+. The summed E-state index contributed by atoms with van der Waals surface area (Å²) in [5, 5.41) is 13.1. The van der Waals surface area contributed by atoms with E-state index >= 15 is 0 Å². The van der Waals surface area contributed by atoms with Gasteiger partial charge in [-0.2, -0.15) is 8.42 Å². The number of rotatable bonds is 33. The zero-order valence-electron chi connectivity index (χ0n) is 29.2. The van der Waals surface area contributed by atoms with Crippen LogP contribution in [0.15, 0.2) is 36.5 Å². The van der Waals surface area contributed by atoms with Crippen LogP contribution < -0.4 is 5.32 Å². The predicted molar refractivity (Wildman–Crippen MR) is 193 cm³/mol. The van der Waals surface area contributed by atoms with E-state index in [4.69, 9.17) is 0 Å². The van der Waals surface area contributed by atoms with Crippen LogP contribution in [-0.2, 0) is 14.9 Å². The second-order valence-electron chi connectivity index (χ2n) is 12.8. The van der Waals surface area contributed by atoms with Crippen LogP contribution in [0.4, 0.5) is 0 Å². The normalized spacial score (nSPS) is 13.8. The summed E-state index contributed by atoms with van der Waals surface area (Å²) < 4.78 is 32.3. The van der Waals surface area contributed by atoms with Crippen molar-refractivity contribution in [2.75, 3.05) is 5.75 Å². The third kappa shape index (κ3) is 33.7. The summed E-state index contributed by atoms with van der Waals surface area (Å²) in [7, 11) is -4.35. The zero-order chi connectivity index (χ0) is 33.3. The van der Waals surface area contributed by atoms with Crippen molar-refractivity contribution in [1.82, 2.24) is 5.32 Å². The quantitative estimate of drug-likeness (QED) is 0.0371. The molecule has 0 aliphatic rings. The maximum Gasteiger partial charge on any atom is 0.267 e. The molecule has 0 aliphatic carbocycles. The fourth-order valence-electron chi connectivity index (χ4n) is 5.46. The number of allylic oxidation sites excluding steroid dienone is 5. The minimum absolute atomic E-state index is 0.283. The molecule has 3 N–H and O–H groups in total. The molecule has 0 heterocycles. The van der Waals surface area contributed by atoms with Gasteiger partial charge in [0.2, 0.25) is 5.91 Å². The highest BCUT2D eigenvalue weighted by atomic mass is 32.2. The summed E-state index contributed by atoms with van der Waals surface area (Å²) >= 11 is 0. The molecule has 0 aromatic carbocycles. The van der Waals surface area contributed by atoms with Crippen molar-refractivity contribution in [2.24, 2.45) is 0 Å². The third-order valence-corrected chi connectivity index (χ3v) is 9.07. The Morgan fingerprint density at radius 2 is 0.956 bits per heavy atom. The fourth-order valence-corrected chi connectivity index (χ4v) is 6.19. The number of amides is 1. The molecule has 2 unspecified atom stereocenters. The molecule has 0 aromatic rings. The summed E-state index contributed by atoms with van der Waals surface area (Å²) in [5.74, 6) is -1.01. The second-order valence-corrected chi connectivity index (χ2v) is 14.3. The molecular formula is C38H71NO5S. The lowest BCUT2D eigenvalue weighted by Gasteiger charge is -2.21. The number of aliphatic hydroxyl groups is 1. The topological polar surface area (TPSA) is 104 Å². The second kappa shape index (κ2) is 32.5. The largest absolute Gasteiger partial charge is 0.387 e. The first kappa shape index (κ1) is 43.6. The first-order valence-electron chi connectivity index (χ1n) is 18.7. The van der Waals surface area contributed by atoms with Gasteiger partial charge in [0, 0.05) is 6.42 Å². The van der Waals surface area contributed by atoms with Gasteiger partial charge >= 0.3 is 0 Å². The molecule has 0 fully saturated rings. The molecule has 0 bridgehead atoms. The van der Waals surface area contributed by atoms with Crippen molar-refractivity contribution < 1.29 is 22.9 Å². The number of carbonyl (C=O) groups is 1. The van der Waals surface area contributed by atoms with Gasteiger partial charge in [0.05, 0.1) is 17.9 Å². The summed E-state index contributed by atoms with van der Waals surface area (Å²) in [4.78, 5) is 12.5. The van der Waals surface area contributed by atoms with Gasteiger partial charge in [-0.05, 0) is 57.8 Å². The average molecular weight is 654 g/mol. The molecule has 0 aromatic heterocycles. The molecule has 0 spiro atoms. The molecular weight excluding hydrogens is 582 g/mol. The van der Waals surface area contributed by atoms with Crippen LogP contribution in [0.1, 0.15) is 181 Å². The van der Waals surface area contributed by atoms with E-state index in [9.17, 15) is 22.9 Å². The van der Waals surface area contributed by atoms with Crippen molar-refractivity contribution in [1.29, 1.82) is 0 Å². The Kier molecular flexibility index (Phi) is 31.5. The molecule has 2 atom stereocenters. The highest BCUT2D eigenvalue weighted by molar-refractivity contribution is 7.85. The minimum Gasteiger partial charge on any atom is -0.387 e. The third-order valence-electron chi connectivity index (χ3n) is 8.29. The maximum atomic E-state index is 12.5. The monoisotopic (exact) mass is 654 g/mol. The molecule has 6 nitrogen and oxygen atoms in total. The van der Waals surface area contributed by atoms with Crippen LogP contribution in [0.5, 0.6) is 0 Å². The molecule has 1 amide bonds. The Bertz CT molecular complexity index is 852. The van der Waals surface area contributed by atoms with E-state index in [0.717, 1.165) is 44.9 Å². The van der Waals surface area contributed by atoms with Crippen LogP contribution in [-0.4, -0.2) is 41.9 Å². The molecule has 0 saturated heterocycles. The van der Waals surface area contributed by atoms with Crippen molar-refractivity contribution in [3.8, 4) is 0 Å². The summed E-state index contributed by atoms with van der Waals surface area (Å²) in [6.45, 7) is 4.49. The van der Waals surface area contributed by atoms with Gasteiger partial charge in [-0.15, -0.1) is 0 Å². The van der Waals surface area contributed by atoms with Gasteiger partial charge in [0.15, 0.2) is 0 Å². The number of carbonyl (C=O) groups excluding carboxylic acids is 1. The van der Waals surface area contributed by atoms with Gasteiger partial charge in [-0.3, -0.25) is 9.35 Å². The van der Waals surface area contributed by atoms with E-state index in [1.807, 2.05) is 0 Å². The lowest BCUT2D eigenvalue weighted by Crippen LogP contribution is -2.46. The van der Waals surface area contributed by atoms with Crippen molar-refractivity contribution in [3.63, 3.8) is 0 Å². The van der Waals surface area contributed by atoms with E-state index in [2.05, 4.69) is 43.5 Å². The SMILES string of the molecule is CCCCCCCC/C=C\CCCCCCCCCC(=O)NC(CS(=O)(=O)O)C(O)/C=C/CC/C=C/CCCCCCCCC. The number of hydrogen-bond acceptors (Lipinski definition) is 4. The van der Waals surface area contributed by atoms with E-state index in [-0.39, 0.29) is 12.3 Å². The van der Waals surface area contributed by atoms with Gasteiger partial charge < -0.3 is 10.4 Å². The maximum absolute atomic E-state index is 12.5. The van der Waals surface area contributed by atoms with Gasteiger partial charge in [0.25, 0.3) is 10.1 Å². The Morgan fingerprint density at radius 1 is 0.578 bits per heavy atom. The molecule has 0 saturated carbocycles. The Hall–Kier alpha value is -1.44. The number of hydrogen-bond donors (Lipinski definition) is 3. The van der Waals surface area contributed by atoms with Crippen molar-refractivity contribution >= 4 is 16.0 Å². The molecule has 0 aliphatic heterocycles.